The van der Waals surface area contributed by atoms with Gasteiger partial charge in [0.15, 0.2) is 5.78 Å². The van der Waals surface area contributed by atoms with Crippen LogP contribution in [0.2, 0.25) is 0 Å². The monoisotopic (exact) mass is 270 g/mol. The quantitative estimate of drug-likeness (QED) is 0.249. The number of nitrogens with one attached hydrogen (secondary N) is 1. The molecule has 19 heavy (non-hydrogen) atoms. The lowest BCUT2D eigenvalue weighted by Gasteiger charge is -2.19. The summed E-state index contributed by atoms with van der Waals surface area (Å²) in [6, 6.07) is -2.03. The molecule has 0 bridgehead atoms. The molecule has 0 aliphatic heterocycles. The Morgan fingerprint density at radius 2 is 1.58 bits per heavy atom. The van der Waals surface area contributed by atoms with Crippen LogP contribution in [0.5, 0.6) is 0 Å². The van der Waals surface area contributed by atoms with Crippen LogP contribution in [0.1, 0.15) is 19.3 Å². The van der Waals surface area contributed by atoms with Crippen molar-refractivity contribution in [2.45, 2.75) is 31.3 Å². The number of ketones is 1. The van der Waals surface area contributed by atoms with Gasteiger partial charge >= 0.3 is 0 Å². The summed E-state index contributed by atoms with van der Waals surface area (Å²) in [5, 5.41) is 2.52. The van der Waals surface area contributed by atoms with Gasteiger partial charge in [0.2, 0.25) is 0 Å². The summed E-state index contributed by atoms with van der Waals surface area (Å²) in [5.74, 6) is -2.02. The van der Waals surface area contributed by atoms with Crippen molar-refractivity contribution in [2.75, 3.05) is 6.54 Å². The van der Waals surface area contributed by atoms with Crippen molar-refractivity contribution in [2.24, 2.45) is 11.7 Å². The van der Waals surface area contributed by atoms with Gasteiger partial charge in [-0.3, -0.25) is 10.1 Å². The molecule has 3 N–H and O–H groups in total. The fourth-order valence-corrected chi connectivity index (χ4v) is 1.54. The maximum Gasteiger partial charge on any atom is 0.167 e. The van der Waals surface area contributed by atoms with Gasteiger partial charge in [-0.15, -0.1) is 0 Å². The summed E-state index contributed by atoms with van der Waals surface area (Å²) < 4.78 is 0. The third-order valence-electron chi connectivity index (χ3n) is 2.60. The molecule has 0 aromatic carbocycles. The predicted molar refractivity (Wildman–Crippen MR) is 66.4 cm³/mol. The zero-order valence-electron chi connectivity index (χ0n) is 10.5. The smallest absolute Gasteiger partial charge is 0.167 e. The third-order valence-corrected chi connectivity index (χ3v) is 2.60. The van der Waals surface area contributed by atoms with E-state index in [1.165, 1.54) is 0 Å². The number of hydrogen-bond acceptors (Lipinski definition) is 7. The van der Waals surface area contributed by atoms with E-state index in [2.05, 4.69) is 5.32 Å². The number of aldehydes is 4. The molecule has 1 atom stereocenters. The molecule has 7 heteroatoms. The molecule has 0 aromatic heterocycles. The Hall–Kier alpha value is -1.73. The lowest BCUT2D eigenvalue weighted by atomic mass is 9.96. The van der Waals surface area contributed by atoms with Crippen molar-refractivity contribution < 1.29 is 24.0 Å². The third kappa shape index (κ3) is 6.12. The molecular formula is C12H18N2O5. The van der Waals surface area contributed by atoms with Crippen molar-refractivity contribution in [1.29, 1.82) is 0 Å². The second kappa shape index (κ2) is 10.2. The first-order chi connectivity index (χ1) is 9.14. The van der Waals surface area contributed by atoms with Crippen LogP contribution in [0.3, 0.4) is 0 Å². The molecule has 0 saturated carbocycles. The highest BCUT2D eigenvalue weighted by atomic mass is 16.2. The molecule has 0 aliphatic rings. The summed E-state index contributed by atoms with van der Waals surface area (Å²) in [7, 11) is 0. The summed E-state index contributed by atoms with van der Waals surface area (Å²) >= 11 is 0. The minimum atomic E-state index is -1.38. The van der Waals surface area contributed by atoms with E-state index < -0.39 is 23.8 Å². The molecule has 7 nitrogen and oxygen atoms in total. The van der Waals surface area contributed by atoms with Crippen LogP contribution in [0, 0.1) is 5.92 Å². The molecule has 0 radical (unpaired) electrons. The zero-order valence-corrected chi connectivity index (χ0v) is 10.5. The molecule has 0 rings (SSSR count). The van der Waals surface area contributed by atoms with Gasteiger partial charge in [0, 0.05) is 0 Å². The molecule has 0 unspecified atom stereocenters. The number of unbranched alkanes of at least 4 members (excludes halogenated alkanes) is 1. The van der Waals surface area contributed by atoms with E-state index in [-0.39, 0.29) is 12.6 Å². The Morgan fingerprint density at radius 3 is 2.00 bits per heavy atom. The first-order valence-corrected chi connectivity index (χ1v) is 5.95. The van der Waals surface area contributed by atoms with Crippen LogP contribution in [0.15, 0.2) is 0 Å². The van der Waals surface area contributed by atoms with Crippen molar-refractivity contribution in [3.05, 3.63) is 0 Å². The maximum atomic E-state index is 11.9. The van der Waals surface area contributed by atoms with Gasteiger partial charge in [0.25, 0.3) is 0 Å². The van der Waals surface area contributed by atoms with Gasteiger partial charge < -0.3 is 24.9 Å². The molecule has 0 aliphatic carbocycles. The normalized spacial score (nSPS) is 12.2. The summed E-state index contributed by atoms with van der Waals surface area (Å²) in [6.07, 6.45) is 2.72. The molecule has 0 heterocycles. The first kappa shape index (κ1) is 17.3. The Kier molecular flexibility index (Phi) is 9.29. The van der Waals surface area contributed by atoms with Crippen LogP contribution >= 0.6 is 0 Å². The number of carbonyl (C=O) groups excluding carboxylic acids is 5. The van der Waals surface area contributed by atoms with Gasteiger partial charge in [-0.25, -0.2) is 0 Å². The van der Waals surface area contributed by atoms with E-state index in [1.807, 2.05) is 0 Å². The standard InChI is InChI=1S/C12H18N2O5/c13-4-2-1-3-11(14-10(7-17)8-18)12(19)9(5-15)6-16/h5-11,14H,1-4,13H2/t11-/m0/s1. The van der Waals surface area contributed by atoms with E-state index in [0.29, 0.717) is 38.4 Å². The summed E-state index contributed by atoms with van der Waals surface area (Å²) in [6.45, 7) is 0.441. The average Bonchev–Trinajstić information content (AvgIpc) is 2.44. The van der Waals surface area contributed by atoms with E-state index in [0.717, 1.165) is 0 Å². The average molecular weight is 270 g/mol. The lowest BCUT2D eigenvalue weighted by molar-refractivity contribution is -0.132. The van der Waals surface area contributed by atoms with Gasteiger partial charge in [0.1, 0.15) is 37.1 Å². The molecule has 0 amide bonds. The molecule has 106 valence electrons. The number of hydrogen-bond donors (Lipinski definition) is 2. The number of nitrogens with two attached hydrogens (primary N) is 1. The number of carbonyl (C=O) groups is 5. The van der Waals surface area contributed by atoms with Gasteiger partial charge in [-0.1, -0.05) is 6.42 Å². The highest BCUT2D eigenvalue weighted by Crippen LogP contribution is 2.06. The molecular weight excluding hydrogens is 252 g/mol. The van der Waals surface area contributed by atoms with E-state index in [4.69, 9.17) is 5.73 Å². The molecule has 0 spiro atoms. The van der Waals surface area contributed by atoms with Gasteiger partial charge in [-0.05, 0) is 19.4 Å². The van der Waals surface area contributed by atoms with E-state index >= 15 is 0 Å². The van der Waals surface area contributed by atoms with Crippen molar-refractivity contribution in [3.8, 4) is 0 Å². The van der Waals surface area contributed by atoms with Crippen LogP contribution in [-0.2, 0) is 24.0 Å². The Balaban J connectivity index is 4.76. The Labute approximate surface area is 110 Å². The van der Waals surface area contributed by atoms with Crippen molar-refractivity contribution in [1.82, 2.24) is 5.32 Å². The minimum absolute atomic E-state index is 0.240. The van der Waals surface area contributed by atoms with Gasteiger partial charge in [-0.2, -0.15) is 0 Å². The highest BCUT2D eigenvalue weighted by molar-refractivity contribution is 6.08. The Bertz CT molecular complexity index is 316. The lowest BCUT2D eigenvalue weighted by Crippen LogP contribution is -2.47. The van der Waals surface area contributed by atoms with Crippen molar-refractivity contribution in [3.63, 3.8) is 0 Å². The molecule has 0 aromatic rings. The largest absolute Gasteiger partial charge is 0.330 e. The first-order valence-electron chi connectivity index (χ1n) is 5.95. The number of rotatable bonds is 12. The van der Waals surface area contributed by atoms with Crippen LogP contribution in [0.25, 0.3) is 0 Å². The maximum absolute atomic E-state index is 11.9. The van der Waals surface area contributed by atoms with Gasteiger partial charge in [0.05, 0.1) is 6.04 Å². The molecule has 0 fully saturated rings. The fourth-order valence-electron chi connectivity index (χ4n) is 1.54. The second-order valence-electron chi connectivity index (χ2n) is 4.00. The topological polar surface area (TPSA) is 123 Å². The summed E-state index contributed by atoms with van der Waals surface area (Å²) in [4.78, 5) is 54.2. The molecule has 0 saturated heterocycles. The highest BCUT2D eigenvalue weighted by Gasteiger charge is 2.27. The predicted octanol–water partition coefficient (Wildman–Crippen LogP) is -1.58. The Morgan fingerprint density at radius 1 is 1.00 bits per heavy atom. The minimum Gasteiger partial charge on any atom is -0.330 e. The SMILES string of the molecule is NCCCC[C@H](NC(C=O)C=O)C(=O)C(C=O)C=O. The van der Waals surface area contributed by atoms with Crippen molar-refractivity contribution >= 4 is 30.9 Å². The zero-order chi connectivity index (χ0) is 14.7. The second-order valence-corrected chi connectivity index (χ2v) is 4.00. The van der Waals surface area contributed by atoms with Crippen LogP contribution < -0.4 is 11.1 Å². The summed E-state index contributed by atoms with van der Waals surface area (Å²) in [5.41, 5.74) is 5.33. The van der Waals surface area contributed by atoms with Crippen LogP contribution in [0.4, 0.5) is 0 Å². The van der Waals surface area contributed by atoms with E-state index in [1.54, 1.807) is 0 Å². The van der Waals surface area contributed by atoms with E-state index in [9.17, 15) is 24.0 Å². The fraction of sp³-hybridized carbons (Fsp3) is 0.583. The van der Waals surface area contributed by atoms with Crippen LogP contribution in [-0.4, -0.2) is 49.6 Å². The number of Topliss-reactive ketones (excluding diaryl/α,β-unsaturated/α-hetero) is 1.